The first-order valence-electron chi connectivity index (χ1n) is 6.88. The van der Waals surface area contributed by atoms with Crippen LogP contribution in [0.5, 0.6) is 11.5 Å². The number of hydrazone groups is 1. The Kier molecular flexibility index (Phi) is 4.30. The van der Waals surface area contributed by atoms with Crippen molar-refractivity contribution in [3.63, 3.8) is 0 Å². The predicted octanol–water partition coefficient (Wildman–Crippen LogP) is 4.05. The van der Waals surface area contributed by atoms with Gasteiger partial charge < -0.3 is 9.84 Å². The highest BCUT2D eigenvalue weighted by atomic mass is 35.5. The van der Waals surface area contributed by atoms with Gasteiger partial charge in [-0.2, -0.15) is 5.10 Å². The van der Waals surface area contributed by atoms with E-state index in [2.05, 4.69) is 15.5 Å². The number of fused-ring (bicyclic) bond motifs is 1. The molecule has 0 unspecified atom stereocenters. The molecule has 3 rings (SSSR count). The monoisotopic (exact) mass is 327 g/mol. The normalized spacial score (nSPS) is 11.0. The molecule has 1 heterocycles. The van der Waals surface area contributed by atoms with Gasteiger partial charge in [0.15, 0.2) is 11.5 Å². The van der Waals surface area contributed by atoms with Crippen molar-refractivity contribution in [2.75, 3.05) is 12.5 Å². The van der Waals surface area contributed by atoms with Gasteiger partial charge in [0, 0.05) is 22.2 Å². The molecule has 6 heteroatoms. The van der Waals surface area contributed by atoms with E-state index in [-0.39, 0.29) is 5.75 Å². The highest BCUT2D eigenvalue weighted by Gasteiger charge is 2.05. The number of para-hydroxylation sites is 1. The molecule has 0 saturated carbocycles. The van der Waals surface area contributed by atoms with Crippen molar-refractivity contribution in [3.8, 4) is 11.5 Å². The van der Waals surface area contributed by atoms with Gasteiger partial charge in [-0.05, 0) is 36.4 Å². The van der Waals surface area contributed by atoms with Crippen molar-refractivity contribution in [1.82, 2.24) is 4.98 Å². The number of hydrogen-bond donors (Lipinski definition) is 2. The van der Waals surface area contributed by atoms with Gasteiger partial charge in [0.2, 0.25) is 0 Å². The van der Waals surface area contributed by atoms with Crippen LogP contribution < -0.4 is 10.2 Å². The zero-order chi connectivity index (χ0) is 16.2. The first-order chi connectivity index (χ1) is 11.2. The number of halogens is 1. The summed E-state index contributed by atoms with van der Waals surface area (Å²) in [6.45, 7) is 0. The molecule has 2 aromatic carbocycles. The number of hydrogen-bond acceptors (Lipinski definition) is 5. The summed E-state index contributed by atoms with van der Waals surface area (Å²) in [5, 5.41) is 15.7. The molecule has 0 fully saturated rings. The van der Waals surface area contributed by atoms with Gasteiger partial charge >= 0.3 is 0 Å². The van der Waals surface area contributed by atoms with E-state index in [0.29, 0.717) is 16.3 Å². The molecule has 1 aromatic heterocycles. The molecule has 0 spiro atoms. The minimum absolute atomic E-state index is 0.0481. The third-order valence-corrected chi connectivity index (χ3v) is 3.58. The Hall–Kier alpha value is -2.79. The highest BCUT2D eigenvalue weighted by molar-refractivity contribution is 6.31. The molecular formula is C17H14ClN3O2. The average molecular weight is 328 g/mol. The molecule has 0 bridgehead atoms. The third-order valence-electron chi connectivity index (χ3n) is 3.34. The quantitative estimate of drug-likeness (QED) is 0.560. The molecule has 0 radical (unpaired) electrons. The number of anilines is 1. The van der Waals surface area contributed by atoms with Crippen LogP contribution in [-0.2, 0) is 0 Å². The average Bonchev–Trinajstić information content (AvgIpc) is 2.56. The Morgan fingerprint density at radius 3 is 2.96 bits per heavy atom. The Morgan fingerprint density at radius 2 is 2.13 bits per heavy atom. The number of benzene rings is 2. The lowest BCUT2D eigenvalue weighted by Gasteiger charge is -2.06. The summed E-state index contributed by atoms with van der Waals surface area (Å²) < 4.78 is 5.07. The summed E-state index contributed by atoms with van der Waals surface area (Å²) in [6.07, 6.45) is 3.21. The molecule has 0 saturated heterocycles. The lowest BCUT2D eigenvalue weighted by Crippen LogP contribution is -1.94. The molecule has 5 nitrogen and oxygen atoms in total. The van der Waals surface area contributed by atoms with E-state index in [4.69, 9.17) is 16.3 Å². The van der Waals surface area contributed by atoms with Crippen LogP contribution >= 0.6 is 11.6 Å². The van der Waals surface area contributed by atoms with Crippen LogP contribution in [0.1, 0.15) is 5.56 Å². The number of aromatic nitrogens is 1. The number of ether oxygens (including phenoxy) is 1. The fourth-order valence-corrected chi connectivity index (χ4v) is 2.36. The Bertz CT molecular complexity index is 881. The largest absolute Gasteiger partial charge is 0.504 e. The van der Waals surface area contributed by atoms with E-state index >= 15 is 0 Å². The highest BCUT2D eigenvalue weighted by Crippen LogP contribution is 2.28. The summed E-state index contributed by atoms with van der Waals surface area (Å²) in [4.78, 5) is 4.27. The number of nitrogens with zero attached hydrogens (tertiary/aromatic N) is 2. The standard InChI is InChI=1S/C17H14ClN3O2/c1-23-16-4-2-3-11(17(16)22)10-20-21-14-7-8-19-15-9-12(18)5-6-13(14)15/h2-10,22H,1H3,(H,19,21). The minimum Gasteiger partial charge on any atom is -0.504 e. The van der Waals surface area contributed by atoms with Crippen LogP contribution in [0, 0.1) is 0 Å². The van der Waals surface area contributed by atoms with E-state index < -0.39 is 0 Å². The van der Waals surface area contributed by atoms with Gasteiger partial charge in [-0.15, -0.1) is 0 Å². The number of pyridine rings is 1. The lowest BCUT2D eigenvalue weighted by molar-refractivity contribution is 0.373. The first kappa shape index (κ1) is 15.1. The predicted molar refractivity (Wildman–Crippen MR) is 92.6 cm³/mol. The summed E-state index contributed by atoms with van der Waals surface area (Å²) in [5.41, 5.74) is 5.08. The molecule has 2 N–H and O–H groups in total. The number of nitrogens with one attached hydrogen (secondary N) is 1. The minimum atomic E-state index is 0.0481. The van der Waals surface area contributed by atoms with E-state index in [0.717, 1.165) is 16.6 Å². The Balaban J connectivity index is 1.86. The van der Waals surface area contributed by atoms with Crippen LogP contribution in [0.25, 0.3) is 10.9 Å². The molecule has 0 aliphatic carbocycles. The second kappa shape index (κ2) is 6.54. The third kappa shape index (κ3) is 3.19. The Labute approximate surface area is 138 Å². The summed E-state index contributed by atoms with van der Waals surface area (Å²) in [7, 11) is 1.50. The summed E-state index contributed by atoms with van der Waals surface area (Å²) >= 11 is 5.97. The van der Waals surface area contributed by atoms with Crippen LogP contribution in [0.3, 0.4) is 0 Å². The number of aromatic hydroxyl groups is 1. The lowest BCUT2D eigenvalue weighted by atomic mass is 10.2. The van der Waals surface area contributed by atoms with Crippen molar-refractivity contribution in [3.05, 3.63) is 59.2 Å². The van der Waals surface area contributed by atoms with Gasteiger partial charge in [-0.3, -0.25) is 10.4 Å². The summed E-state index contributed by atoms with van der Waals surface area (Å²) in [6, 6.07) is 12.5. The van der Waals surface area contributed by atoms with E-state index in [9.17, 15) is 5.11 Å². The van der Waals surface area contributed by atoms with Crippen LogP contribution in [-0.4, -0.2) is 23.4 Å². The smallest absolute Gasteiger partial charge is 0.166 e. The molecular weight excluding hydrogens is 314 g/mol. The van der Waals surface area contributed by atoms with Crippen molar-refractivity contribution < 1.29 is 9.84 Å². The fraction of sp³-hybridized carbons (Fsp3) is 0.0588. The molecule has 0 amide bonds. The second-order valence-electron chi connectivity index (χ2n) is 4.79. The number of phenols is 1. The van der Waals surface area contributed by atoms with E-state index in [1.807, 2.05) is 12.1 Å². The maximum atomic E-state index is 10.0. The molecule has 0 atom stereocenters. The van der Waals surface area contributed by atoms with Crippen LogP contribution in [0.2, 0.25) is 5.02 Å². The van der Waals surface area contributed by atoms with E-state index in [1.165, 1.54) is 13.3 Å². The Morgan fingerprint density at radius 1 is 1.26 bits per heavy atom. The number of phenolic OH excluding ortho intramolecular Hbond substituents is 1. The zero-order valence-corrected chi connectivity index (χ0v) is 13.1. The van der Waals surface area contributed by atoms with Crippen molar-refractivity contribution in [2.24, 2.45) is 5.10 Å². The van der Waals surface area contributed by atoms with Gasteiger partial charge in [0.1, 0.15) is 0 Å². The fourth-order valence-electron chi connectivity index (χ4n) is 2.20. The van der Waals surface area contributed by atoms with Crippen molar-refractivity contribution in [1.29, 1.82) is 0 Å². The number of methoxy groups -OCH3 is 1. The van der Waals surface area contributed by atoms with Gasteiger partial charge in [-0.25, -0.2) is 0 Å². The maximum Gasteiger partial charge on any atom is 0.166 e. The van der Waals surface area contributed by atoms with Gasteiger partial charge in [0.05, 0.1) is 24.5 Å². The summed E-state index contributed by atoms with van der Waals surface area (Å²) in [5.74, 6) is 0.449. The molecule has 23 heavy (non-hydrogen) atoms. The van der Waals surface area contributed by atoms with Crippen LogP contribution in [0.15, 0.2) is 53.8 Å². The second-order valence-corrected chi connectivity index (χ2v) is 5.22. The van der Waals surface area contributed by atoms with Crippen LogP contribution in [0.4, 0.5) is 5.69 Å². The SMILES string of the molecule is COc1cccc(C=NNc2ccnc3cc(Cl)ccc23)c1O. The topological polar surface area (TPSA) is 66.7 Å². The number of rotatable bonds is 4. The van der Waals surface area contributed by atoms with Gasteiger partial charge in [-0.1, -0.05) is 17.7 Å². The van der Waals surface area contributed by atoms with E-state index in [1.54, 1.807) is 36.5 Å². The van der Waals surface area contributed by atoms with Crippen molar-refractivity contribution in [2.45, 2.75) is 0 Å². The molecule has 116 valence electrons. The maximum absolute atomic E-state index is 10.0. The molecule has 0 aliphatic heterocycles. The van der Waals surface area contributed by atoms with Gasteiger partial charge in [0.25, 0.3) is 0 Å². The zero-order valence-electron chi connectivity index (χ0n) is 12.3. The first-order valence-corrected chi connectivity index (χ1v) is 7.26. The molecule has 3 aromatic rings. The molecule has 0 aliphatic rings. The van der Waals surface area contributed by atoms with Crippen molar-refractivity contribution >= 4 is 34.4 Å².